The van der Waals surface area contributed by atoms with E-state index in [-0.39, 0.29) is 12.4 Å². The first-order chi connectivity index (χ1) is 8.38. The maximum Gasteiger partial charge on any atom is 0.0997 e. The van der Waals surface area contributed by atoms with Crippen LogP contribution in [0.1, 0.15) is 5.56 Å². The minimum Gasteiger partial charge on any atom is -0.299 e. The van der Waals surface area contributed by atoms with E-state index in [2.05, 4.69) is 11.1 Å². The quantitative estimate of drug-likeness (QED) is 0.669. The molecule has 1 aromatic carbocycles. The van der Waals surface area contributed by atoms with Crippen molar-refractivity contribution in [2.45, 2.75) is 0 Å². The fourth-order valence-electron chi connectivity index (χ4n) is 1.90. The predicted octanol–water partition coefficient (Wildman–Crippen LogP) is 3.29. The second-order valence-electron chi connectivity index (χ2n) is 3.79. The van der Waals surface area contributed by atoms with Gasteiger partial charge in [-0.25, -0.2) is 4.98 Å². The van der Waals surface area contributed by atoms with Crippen molar-refractivity contribution in [1.29, 1.82) is 5.26 Å². The molecule has 0 radical (unpaired) electrons. The Bertz CT molecular complexity index is 708. The van der Waals surface area contributed by atoms with Crippen LogP contribution in [0.4, 0.5) is 0 Å². The van der Waals surface area contributed by atoms with Gasteiger partial charge < -0.3 is 0 Å². The number of nitriles is 1. The average molecular weight is 256 g/mol. The second-order valence-corrected chi connectivity index (χ2v) is 3.79. The van der Waals surface area contributed by atoms with E-state index in [4.69, 9.17) is 5.26 Å². The lowest BCUT2D eigenvalue weighted by molar-refractivity contribution is 1.16. The van der Waals surface area contributed by atoms with E-state index < -0.39 is 0 Å². The molecule has 3 nitrogen and oxygen atoms in total. The van der Waals surface area contributed by atoms with Crippen LogP contribution in [0.3, 0.4) is 0 Å². The third-order valence-corrected chi connectivity index (χ3v) is 2.76. The van der Waals surface area contributed by atoms with Crippen molar-refractivity contribution in [2.75, 3.05) is 0 Å². The van der Waals surface area contributed by atoms with Gasteiger partial charge in [-0.3, -0.25) is 4.40 Å². The largest absolute Gasteiger partial charge is 0.299 e. The van der Waals surface area contributed by atoms with E-state index >= 15 is 0 Å². The number of rotatable bonds is 1. The van der Waals surface area contributed by atoms with Crippen molar-refractivity contribution in [3.63, 3.8) is 0 Å². The zero-order valence-corrected chi connectivity index (χ0v) is 10.3. The fraction of sp³-hybridized carbons (Fsp3) is 0. The summed E-state index contributed by atoms with van der Waals surface area (Å²) < 4.78 is 2.03. The molecule has 3 rings (SSSR count). The van der Waals surface area contributed by atoms with Crippen molar-refractivity contribution < 1.29 is 0 Å². The maximum atomic E-state index is 8.77. The summed E-state index contributed by atoms with van der Waals surface area (Å²) in [5.74, 6) is 0. The second kappa shape index (κ2) is 4.91. The van der Waals surface area contributed by atoms with Gasteiger partial charge in [0.15, 0.2) is 0 Å². The first-order valence-corrected chi connectivity index (χ1v) is 5.30. The highest BCUT2D eigenvalue weighted by Crippen LogP contribution is 2.20. The number of hydrogen-bond acceptors (Lipinski definition) is 2. The van der Waals surface area contributed by atoms with Gasteiger partial charge in [-0.05, 0) is 29.8 Å². The molecule has 0 aliphatic rings. The van der Waals surface area contributed by atoms with Crippen LogP contribution in [0.5, 0.6) is 0 Å². The van der Waals surface area contributed by atoms with Gasteiger partial charge >= 0.3 is 0 Å². The van der Waals surface area contributed by atoms with Gasteiger partial charge in [0.05, 0.1) is 35.4 Å². The molecule has 0 aliphatic heterocycles. The monoisotopic (exact) mass is 255 g/mol. The minimum atomic E-state index is 0. The summed E-state index contributed by atoms with van der Waals surface area (Å²) in [6.45, 7) is 0. The molecule has 3 aromatic rings. The van der Waals surface area contributed by atoms with E-state index in [1.807, 2.05) is 53.1 Å². The Labute approximate surface area is 111 Å². The SMILES string of the molecule is Cl.N#Cc1ccc(-c2cccc3cncn23)cc1. The normalized spacial score (nSPS) is 9.72. The van der Waals surface area contributed by atoms with E-state index in [0.29, 0.717) is 5.56 Å². The van der Waals surface area contributed by atoms with Gasteiger partial charge in [0.2, 0.25) is 0 Å². The Hall–Kier alpha value is -2.31. The highest BCUT2D eigenvalue weighted by molar-refractivity contribution is 5.85. The van der Waals surface area contributed by atoms with Crippen LogP contribution in [0.2, 0.25) is 0 Å². The first kappa shape index (κ1) is 12.2. The molecule has 0 N–H and O–H groups in total. The molecule has 2 aromatic heterocycles. The third-order valence-electron chi connectivity index (χ3n) is 2.76. The Kier molecular flexibility index (Phi) is 3.31. The van der Waals surface area contributed by atoms with Crippen LogP contribution in [0.25, 0.3) is 16.8 Å². The van der Waals surface area contributed by atoms with Crippen molar-refractivity contribution >= 4 is 17.9 Å². The molecule has 0 bridgehead atoms. The Morgan fingerprint density at radius 3 is 2.56 bits per heavy atom. The summed E-state index contributed by atoms with van der Waals surface area (Å²) in [4.78, 5) is 4.13. The van der Waals surface area contributed by atoms with Crippen LogP contribution in [-0.2, 0) is 0 Å². The minimum absolute atomic E-state index is 0. The Morgan fingerprint density at radius 1 is 1.06 bits per heavy atom. The fourth-order valence-corrected chi connectivity index (χ4v) is 1.90. The van der Waals surface area contributed by atoms with E-state index in [9.17, 15) is 0 Å². The molecule has 0 amide bonds. The summed E-state index contributed by atoms with van der Waals surface area (Å²) in [5.41, 5.74) is 3.88. The standard InChI is InChI=1S/C14H9N3.ClH/c15-8-11-4-6-12(7-5-11)14-3-1-2-13-9-16-10-17(13)14;/h1-7,9-10H;1H. The summed E-state index contributed by atoms with van der Waals surface area (Å²) in [6.07, 6.45) is 3.62. The zero-order valence-electron chi connectivity index (χ0n) is 9.45. The van der Waals surface area contributed by atoms with Gasteiger partial charge in [0, 0.05) is 0 Å². The molecule has 0 unspecified atom stereocenters. The number of hydrogen-bond donors (Lipinski definition) is 0. The smallest absolute Gasteiger partial charge is 0.0997 e. The van der Waals surface area contributed by atoms with Crippen LogP contribution >= 0.6 is 12.4 Å². The summed E-state index contributed by atoms with van der Waals surface area (Å²) in [7, 11) is 0. The molecule has 18 heavy (non-hydrogen) atoms. The van der Waals surface area contributed by atoms with Gasteiger partial charge in [0.25, 0.3) is 0 Å². The molecule has 2 heterocycles. The Balaban J connectivity index is 0.00000120. The molecule has 0 aliphatic carbocycles. The highest BCUT2D eigenvalue weighted by Gasteiger charge is 2.02. The Morgan fingerprint density at radius 2 is 1.83 bits per heavy atom. The lowest BCUT2D eigenvalue weighted by Crippen LogP contribution is -1.89. The number of nitrogens with zero attached hydrogens (tertiary/aromatic N) is 3. The molecule has 0 fully saturated rings. The average Bonchev–Trinajstić information content (AvgIpc) is 2.87. The molecular formula is C14H10ClN3. The third kappa shape index (κ3) is 1.94. The number of halogens is 1. The van der Waals surface area contributed by atoms with Crippen molar-refractivity contribution in [3.8, 4) is 17.3 Å². The number of benzene rings is 1. The number of fused-ring (bicyclic) bond motifs is 1. The molecular weight excluding hydrogens is 246 g/mol. The summed E-state index contributed by atoms with van der Waals surface area (Å²) in [5, 5.41) is 8.77. The summed E-state index contributed by atoms with van der Waals surface area (Å²) in [6, 6.07) is 15.7. The number of imidazole rings is 1. The lowest BCUT2D eigenvalue weighted by Gasteiger charge is -2.05. The van der Waals surface area contributed by atoms with Crippen molar-refractivity contribution in [1.82, 2.24) is 9.38 Å². The molecule has 0 saturated carbocycles. The highest BCUT2D eigenvalue weighted by atomic mass is 35.5. The van der Waals surface area contributed by atoms with Crippen LogP contribution in [0.15, 0.2) is 55.0 Å². The molecule has 0 saturated heterocycles. The maximum absolute atomic E-state index is 8.77. The van der Waals surface area contributed by atoms with Crippen LogP contribution in [0, 0.1) is 11.3 Å². The van der Waals surface area contributed by atoms with Crippen molar-refractivity contribution in [2.24, 2.45) is 0 Å². The van der Waals surface area contributed by atoms with Crippen LogP contribution in [-0.4, -0.2) is 9.38 Å². The number of aromatic nitrogens is 2. The van der Waals surface area contributed by atoms with E-state index in [0.717, 1.165) is 16.8 Å². The van der Waals surface area contributed by atoms with Gasteiger partial charge in [-0.1, -0.05) is 18.2 Å². The van der Waals surface area contributed by atoms with Gasteiger partial charge in [-0.15, -0.1) is 12.4 Å². The predicted molar refractivity (Wildman–Crippen MR) is 72.6 cm³/mol. The topological polar surface area (TPSA) is 41.1 Å². The molecule has 4 heteroatoms. The van der Waals surface area contributed by atoms with Gasteiger partial charge in [0.1, 0.15) is 0 Å². The number of pyridine rings is 1. The van der Waals surface area contributed by atoms with Crippen molar-refractivity contribution in [3.05, 3.63) is 60.6 Å². The lowest BCUT2D eigenvalue weighted by atomic mass is 10.1. The molecule has 0 spiro atoms. The van der Waals surface area contributed by atoms with E-state index in [1.54, 1.807) is 6.33 Å². The molecule has 0 atom stereocenters. The van der Waals surface area contributed by atoms with Crippen LogP contribution < -0.4 is 0 Å². The molecule has 88 valence electrons. The van der Waals surface area contributed by atoms with E-state index in [1.165, 1.54) is 0 Å². The summed E-state index contributed by atoms with van der Waals surface area (Å²) >= 11 is 0. The zero-order chi connectivity index (χ0) is 11.7. The van der Waals surface area contributed by atoms with Gasteiger partial charge in [-0.2, -0.15) is 5.26 Å². The first-order valence-electron chi connectivity index (χ1n) is 5.30.